The molecule has 4 rings (SSSR count). The Morgan fingerprint density at radius 1 is 1.06 bits per heavy atom. The van der Waals surface area contributed by atoms with Gasteiger partial charge in [0.1, 0.15) is 5.67 Å². The second-order valence-electron chi connectivity index (χ2n) is 11.5. The maximum Gasteiger partial charge on any atom is 0.130 e. The van der Waals surface area contributed by atoms with Crippen molar-refractivity contribution in [2.24, 2.45) is 11.3 Å². The first-order chi connectivity index (χ1) is 16.2. The van der Waals surface area contributed by atoms with Crippen molar-refractivity contribution < 1.29 is 4.39 Å². The monoisotopic (exact) mass is 461 g/mol. The molecular weight excluding hydrogens is 417 g/mol. The van der Waals surface area contributed by atoms with Crippen molar-refractivity contribution in [2.75, 3.05) is 13.1 Å². The molecule has 184 valence electrons. The molecule has 0 N–H and O–H groups in total. The van der Waals surface area contributed by atoms with Gasteiger partial charge in [0.15, 0.2) is 0 Å². The Bertz CT molecular complexity index is 962. The fourth-order valence-electron chi connectivity index (χ4n) is 6.76. The van der Waals surface area contributed by atoms with Gasteiger partial charge in [0.25, 0.3) is 0 Å². The summed E-state index contributed by atoms with van der Waals surface area (Å²) in [6.45, 7) is 14.5. The third kappa shape index (κ3) is 5.42. The fourth-order valence-corrected chi connectivity index (χ4v) is 6.76. The van der Waals surface area contributed by atoms with Crippen molar-refractivity contribution in [1.82, 2.24) is 4.90 Å². The highest BCUT2D eigenvalue weighted by Gasteiger charge is 2.42. The maximum atomic E-state index is 14.5. The van der Waals surface area contributed by atoms with Crippen LogP contribution in [-0.2, 0) is 12.1 Å². The Hall–Kier alpha value is -2.09. The molecule has 2 unspecified atom stereocenters. The zero-order chi connectivity index (χ0) is 24.3. The van der Waals surface area contributed by atoms with E-state index < -0.39 is 5.67 Å². The average molecular weight is 462 g/mol. The van der Waals surface area contributed by atoms with Gasteiger partial charge in [-0.15, -0.1) is 0 Å². The van der Waals surface area contributed by atoms with E-state index in [9.17, 15) is 4.39 Å². The molecular formula is C32H44FN. The van der Waals surface area contributed by atoms with Gasteiger partial charge in [-0.1, -0.05) is 81.8 Å². The summed E-state index contributed by atoms with van der Waals surface area (Å²) >= 11 is 0. The number of hydrogen-bond donors (Lipinski definition) is 0. The SMILES string of the molecule is C=C(c1ccc(C(C)(C)F)cc1CC)N1CCC2(CC1)CC(CCC)CC(c1ccccc1)C2. The van der Waals surface area contributed by atoms with Crippen LogP contribution in [0.5, 0.6) is 0 Å². The van der Waals surface area contributed by atoms with E-state index in [1.807, 2.05) is 12.1 Å². The number of likely N-dealkylation sites (tertiary alicyclic amines) is 1. The van der Waals surface area contributed by atoms with Crippen molar-refractivity contribution >= 4 is 5.70 Å². The number of piperidine rings is 1. The summed E-state index contributed by atoms with van der Waals surface area (Å²) in [5.41, 5.74) is 4.97. The van der Waals surface area contributed by atoms with Crippen LogP contribution in [0.4, 0.5) is 4.39 Å². The predicted octanol–water partition coefficient (Wildman–Crippen LogP) is 8.89. The van der Waals surface area contributed by atoms with Gasteiger partial charge in [0.05, 0.1) is 0 Å². The van der Waals surface area contributed by atoms with Crippen LogP contribution in [0.2, 0.25) is 0 Å². The molecule has 1 saturated heterocycles. The van der Waals surface area contributed by atoms with Gasteiger partial charge in [-0.2, -0.15) is 0 Å². The summed E-state index contributed by atoms with van der Waals surface area (Å²) in [5, 5.41) is 0. The third-order valence-corrected chi connectivity index (χ3v) is 8.68. The molecule has 1 spiro atoms. The molecule has 0 aromatic heterocycles. The highest BCUT2D eigenvalue weighted by atomic mass is 19.1. The highest BCUT2D eigenvalue weighted by molar-refractivity contribution is 5.66. The first-order valence-corrected chi connectivity index (χ1v) is 13.6. The minimum absolute atomic E-state index is 0.463. The Kier molecular flexibility index (Phi) is 7.55. The lowest BCUT2D eigenvalue weighted by molar-refractivity contribution is 0.0510. The lowest BCUT2D eigenvalue weighted by atomic mass is 9.59. The van der Waals surface area contributed by atoms with E-state index in [0.717, 1.165) is 36.7 Å². The van der Waals surface area contributed by atoms with Crippen LogP contribution in [0.3, 0.4) is 0 Å². The van der Waals surface area contributed by atoms with Crippen LogP contribution in [0.25, 0.3) is 5.70 Å². The second kappa shape index (κ2) is 10.3. The number of benzene rings is 2. The maximum absolute atomic E-state index is 14.5. The molecule has 2 heteroatoms. The molecule has 1 heterocycles. The fraction of sp³-hybridized carbons (Fsp3) is 0.562. The Morgan fingerprint density at radius 3 is 2.38 bits per heavy atom. The largest absolute Gasteiger partial charge is 0.371 e. The van der Waals surface area contributed by atoms with Crippen molar-refractivity contribution in [1.29, 1.82) is 0 Å². The molecule has 2 atom stereocenters. The summed E-state index contributed by atoms with van der Waals surface area (Å²) in [4.78, 5) is 2.50. The van der Waals surface area contributed by atoms with Gasteiger partial charge < -0.3 is 4.90 Å². The number of halogens is 1. The van der Waals surface area contributed by atoms with Crippen LogP contribution in [0.15, 0.2) is 55.1 Å². The molecule has 0 radical (unpaired) electrons. The quantitative estimate of drug-likeness (QED) is 0.398. The van der Waals surface area contributed by atoms with Gasteiger partial charge in [-0.25, -0.2) is 4.39 Å². The predicted molar refractivity (Wildman–Crippen MR) is 144 cm³/mol. The minimum atomic E-state index is -1.31. The minimum Gasteiger partial charge on any atom is -0.371 e. The standard InChI is InChI=1S/C32H44FN/c1-6-11-25-20-28(27-12-9-8-10-13-27)23-32(22-25)16-18-34(19-17-32)24(3)30-15-14-29(31(4,5)33)21-26(30)7-2/h8-10,12-15,21,25,28H,3,6-7,11,16-20,22-23H2,1-2,4-5H3. The van der Waals surface area contributed by atoms with E-state index in [1.165, 1.54) is 61.6 Å². The number of alkyl halides is 1. The molecule has 0 bridgehead atoms. The summed E-state index contributed by atoms with van der Waals surface area (Å²) in [5.74, 6) is 1.55. The number of rotatable bonds is 7. The topological polar surface area (TPSA) is 3.24 Å². The third-order valence-electron chi connectivity index (χ3n) is 8.68. The van der Waals surface area contributed by atoms with E-state index >= 15 is 0 Å². The molecule has 1 saturated carbocycles. The number of aryl methyl sites for hydroxylation is 1. The van der Waals surface area contributed by atoms with Crippen molar-refractivity contribution in [3.8, 4) is 0 Å². The van der Waals surface area contributed by atoms with Crippen LogP contribution < -0.4 is 0 Å². The van der Waals surface area contributed by atoms with E-state index in [1.54, 1.807) is 13.8 Å². The van der Waals surface area contributed by atoms with Gasteiger partial charge in [-0.3, -0.25) is 0 Å². The zero-order valence-corrected chi connectivity index (χ0v) is 21.9. The lowest BCUT2D eigenvalue weighted by Crippen LogP contribution is -2.43. The average Bonchev–Trinajstić information content (AvgIpc) is 2.83. The highest BCUT2D eigenvalue weighted by Crippen LogP contribution is 2.53. The van der Waals surface area contributed by atoms with Crippen molar-refractivity contribution in [3.05, 3.63) is 77.4 Å². The summed E-state index contributed by atoms with van der Waals surface area (Å²) in [6.07, 6.45) is 10.1. The molecule has 1 nitrogen and oxygen atoms in total. The zero-order valence-electron chi connectivity index (χ0n) is 21.9. The summed E-state index contributed by atoms with van der Waals surface area (Å²) in [7, 11) is 0. The Morgan fingerprint density at radius 2 is 1.76 bits per heavy atom. The van der Waals surface area contributed by atoms with Gasteiger partial charge in [0.2, 0.25) is 0 Å². The van der Waals surface area contributed by atoms with Crippen LogP contribution in [0, 0.1) is 11.3 Å². The Balaban J connectivity index is 1.49. The molecule has 2 fully saturated rings. The van der Waals surface area contributed by atoms with Crippen LogP contribution >= 0.6 is 0 Å². The molecule has 1 aliphatic carbocycles. The molecule has 1 aliphatic heterocycles. The van der Waals surface area contributed by atoms with Crippen molar-refractivity contribution in [2.45, 2.75) is 90.6 Å². The van der Waals surface area contributed by atoms with E-state index in [2.05, 4.69) is 61.7 Å². The molecule has 2 aromatic carbocycles. The second-order valence-corrected chi connectivity index (χ2v) is 11.5. The summed E-state index contributed by atoms with van der Waals surface area (Å²) < 4.78 is 14.5. The van der Waals surface area contributed by atoms with Gasteiger partial charge in [0, 0.05) is 24.4 Å². The van der Waals surface area contributed by atoms with E-state index in [0.29, 0.717) is 11.3 Å². The smallest absolute Gasteiger partial charge is 0.130 e. The Labute approximate surface area is 207 Å². The first-order valence-electron chi connectivity index (χ1n) is 13.6. The molecule has 0 amide bonds. The number of hydrogen-bond acceptors (Lipinski definition) is 1. The van der Waals surface area contributed by atoms with Crippen LogP contribution in [-0.4, -0.2) is 18.0 Å². The molecule has 2 aromatic rings. The normalized spacial score (nSPS) is 22.7. The lowest BCUT2D eigenvalue weighted by Gasteiger charge is -2.50. The van der Waals surface area contributed by atoms with Gasteiger partial charge in [-0.05, 0) is 86.3 Å². The first kappa shape index (κ1) is 25.0. The van der Waals surface area contributed by atoms with Gasteiger partial charge >= 0.3 is 0 Å². The molecule has 2 aliphatic rings. The summed E-state index contributed by atoms with van der Waals surface area (Å²) in [6, 6.07) is 17.3. The van der Waals surface area contributed by atoms with E-state index in [-0.39, 0.29) is 0 Å². The molecule has 34 heavy (non-hydrogen) atoms. The van der Waals surface area contributed by atoms with E-state index in [4.69, 9.17) is 0 Å². The van der Waals surface area contributed by atoms with Crippen molar-refractivity contribution in [3.63, 3.8) is 0 Å². The van der Waals surface area contributed by atoms with Crippen LogP contribution in [0.1, 0.15) is 101 Å². The number of nitrogens with zero attached hydrogens (tertiary/aromatic N) is 1.